The van der Waals surface area contributed by atoms with Crippen molar-refractivity contribution < 1.29 is 0 Å². The van der Waals surface area contributed by atoms with Crippen LogP contribution in [0.25, 0.3) is 10.8 Å². The maximum atomic E-state index is 4.46. The number of benzene rings is 1. The zero-order chi connectivity index (χ0) is 12.3. The summed E-state index contributed by atoms with van der Waals surface area (Å²) in [6.07, 6.45) is 4.23. The van der Waals surface area contributed by atoms with Crippen LogP contribution in [-0.4, -0.2) is 11.5 Å². The summed E-state index contributed by atoms with van der Waals surface area (Å²) < 4.78 is 1.05. The fourth-order valence-corrected chi connectivity index (χ4v) is 2.30. The number of aromatic nitrogens is 1. The molecule has 0 atom stereocenters. The Morgan fingerprint density at radius 2 is 2.12 bits per heavy atom. The standard InChI is InChI=1S/C14H17BrN2/c1-3-4-7-16-14-12-8-10(2)5-6-11(12)13(15)9-17-14/h5-6,8-9H,3-4,7H2,1-2H3,(H,16,17). The van der Waals surface area contributed by atoms with Gasteiger partial charge in [0.25, 0.3) is 0 Å². The van der Waals surface area contributed by atoms with Crippen LogP contribution in [0.1, 0.15) is 25.3 Å². The van der Waals surface area contributed by atoms with Crippen LogP contribution in [0.4, 0.5) is 5.82 Å². The quantitative estimate of drug-likeness (QED) is 0.838. The van der Waals surface area contributed by atoms with Crippen molar-refractivity contribution in [1.82, 2.24) is 4.98 Å². The van der Waals surface area contributed by atoms with Crippen LogP contribution in [0.3, 0.4) is 0 Å². The van der Waals surface area contributed by atoms with Crippen LogP contribution in [-0.2, 0) is 0 Å². The summed E-state index contributed by atoms with van der Waals surface area (Å²) in [6, 6.07) is 6.45. The number of aryl methyl sites for hydroxylation is 1. The normalized spacial score (nSPS) is 10.8. The van der Waals surface area contributed by atoms with Gasteiger partial charge in [-0.1, -0.05) is 31.0 Å². The van der Waals surface area contributed by atoms with Crippen LogP contribution < -0.4 is 5.32 Å². The lowest BCUT2D eigenvalue weighted by Crippen LogP contribution is -2.03. The lowest BCUT2D eigenvalue weighted by molar-refractivity contribution is 0.832. The molecule has 0 spiro atoms. The summed E-state index contributed by atoms with van der Waals surface area (Å²) in [6.45, 7) is 5.28. The van der Waals surface area contributed by atoms with Gasteiger partial charge in [-0.15, -0.1) is 0 Å². The van der Waals surface area contributed by atoms with Gasteiger partial charge in [-0.25, -0.2) is 4.98 Å². The highest BCUT2D eigenvalue weighted by molar-refractivity contribution is 9.10. The topological polar surface area (TPSA) is 24.9 Å². The number of rotatable bonds is 4. The highest BCUT2D eigenvalue weighted by atomic mass is 79.9. The first-order chi connectivity index (χ1) is 8.22. The van der Waals surface area contributed by atoms with E-state index in [9.17, 15) is 0 Å². The summed E-state index contributed by atoms with van der Waals surface area (Å²) >= 11 is 3.55. The van der Waals surface area contributed by atoms with Crippen LogP contribution in [0.5, 0.6) is 0 Å². The second-order valence-corrected chi connectivity index (χ2v) is 5.14. The van der Waals surface area contributed by atoms with Gasteiger partial charge in [0.2, 0.25) is 0 Å². The molecule has 2 nitrogen and oxygen atoms in total. The van der Waals surface area contributed by atoms with Gasteiger partial charge in [0.1, 0.15) is 5.82 Å². The third kappa shape index (κ3) is 2.78. The first kappa shape index (κ1) is 12.4. The molecule has 17 heavy (non-hydrogen) atoms. The molecule has 0 fully saturated rings. The number of nitrogens with one attached hydrogen (secondary N) is 1. The van der Waals surface area contributed by atoms with Crippen LogP contribution in [0.2, 0.25) is 0 Å². The number of nitrogens with zero attached hydrogens (tertiary/aromatic N) is 1. The van der Waals surface area contributed by atoms with E-state index in [2.05, 4.69) is 58.3 Å². The molecule has 0 saturated carbocycles. The molecule has 0 bridgehead atoms. The zero-order valence-corrected chi connectivity index (χ0v) is 11.8. The number of hydrogen-bond donors (Lipinski definition) is 1. The molecule has 2 rings (SSSR count). The second-order valence-electron chi connectivity index (χ2n) is 4.28. The minimum absolute atomic E-state index is 0.980. The first-order valence-corrected chi connectivity index (χ1v) is 6.80. The van der Waals surface area contributed by atoms with Crippen molar-refractivity contribution >= 4 is 32.5 Å². The lowest BCUT2D eigenvalue weighted by Gasteiger charge is -2.10. The minimum atomic E-state index is 0.980. The third-order valence-corrected chi connectivity index (χ3v) is 3.45. The Hall–Kier alpha value is -1.09. The molecule has 90 valence electrons. The van der Waals surface area contributed by atoms with Crippen molar-refractivity contribution in [2.24, 2.45) is 0 Å². The van der Waals surface area contributed by atoms with E-state index in [1.54, 1.807) is 0 Å². The monoisotopic (exact) mass is 292 g/mol. The average Bonchev–Trinajstić information content (AvgIpc) is 2.32. The van der Waals surface area contributed by atoms with Gasteiger partial charge < -0.3 is 5.32 Å². The van der Waals surface area contributed by atoms with Crippen molar-refractivity contribution in [3.05, 3.63) is 34.4 Å². The molecule has 0 aliphatic carbocycles. The van der Waals surface area contributed by atoms with E-state index in [-0.39, 0.29) is 0 Å². The maximum Gasteiger partial charge on any atom is 0.133 e. The SMILES string of the molecule is CCCCNc1ncc(Br)c2ccc(C)cc12. The van der Waals surface area contributed by atoms with Crippen LogP contribution >= 0.6 is 15.9 Å². The third-order valence-electron chi connectivity index (χ3n) is 2.82. The lowest BCUT2D eigenvalue weighted by atomic mass is 10.1. The van der Waals surface area contributed by atoms with Gasteiger partial charge in [0.05, 0.1) is 0 Å². The molecule has 3 heteroatoms. The molecular weight excluding hydrogens is 276 g/mol. The highest BCUT2D eigenvalue weighted by Gasteiger charge is 2.05. The van der Waals surface area contributed by atoms with Gasteiger partial charge in [-0.2, -0.15) is 0 Å². The van der Waals surface area contributed by atoms with Gasteiger partial charge >= 0.3 is 0 Å². The van der Waals surface area contributed by atoms with Crippen molar-refractivity contribution in [1.29, 1.82) is 0 Å². The summed E-state index contributed by atoms with van der Waals surface area (Å²) in [4.78, 5) is 4.46. The van der Waals surface area contributed by atoms with Crippen molar-refractivity contribution in [2.75, 3.05) is 11.9 Å². The maximum absolute atomic E-state index is 4.46. The first-order valence-electron chi connectivity index (χ1n) is 6.01. The summed E-state index contributed by atoms with van der Waals surface area (Å²) in [5, 5.41) is 5.81. The average molecular weight is 293 g/mol. The number of anilines is 1. The Balaban J connectivity index is 2.41. The van der Waals surface area contributed by atoms with Crippen molar-refractivity contribution in [3.8, 4) is 0 Å². The Labute approximate surface area is 111 Å². The molecule has 1 heterocycles. The number of halogens is 1. The van der Waals surface area contributed by atoms with Gasteiger partial charge in [-0.3, -0.25) is 0 Å². The number of unbranched alkanes of at least 4 members (excludes halogenated alkanes) is 1. The molecule has 0 unspecified atom stereocenters. The predicted octanol–water partition coefficient (Wildman–Crippen LogP) is 4.52. The summed E-state index contributed by atoms with van der Waals surface area (Å²) in [5.41, 5.74) is 1.26. The molecule has 0 amide bonds. The number of hydrogen-bond acceptors (Lipinski definition) is 2. The van der Waals surface area contributed by atoms with E-state index in [4.69, 9.17) is 0 Å². The molecule has 1 aromatic heterocycles. The van der Waals surface area contributed by atoms with Crippen molar-refractivity contribution in [3.63, 3.8) is 0 Å². The summed E-state index contributed by atoms with van der Waals surface area (Å²) in [5.74, 6) is 0.986. The number of pyridine rings is 1. The number of fused-ring (bicyclic) bond motifs is 1. The molecule has 2 aromatic rings. The molecular formula is C14H17BrN2. The highest BCUT2D eigenvalue weighted by Crippen LogP contribution is 2.28. The van der Waals surface area contributed by atoms with Crippen LogP contribution in [0, 0.1) is 6.92 Å². The Morgan fingerprint density at radius 3 is 2.88 bits per heavy atom. The minimum Gasteiger partial charge on any atom is -0.370 e. The smallest absolute Gasteiger partial charge is 0.133 e. The molecule has 0 aliphatic rings. The van der Waals surface area contributed by atoms with E-state index in [1.807, 2.05) is 6.20 Å². The van der Waals surface area contributed by atoms with E-state index in [1.165, 1.54) is 29.2 Å². The second kappa shape index (κ2) is 5.50. The molecule has 0 aliphatic heterocycles. The Kier molecular flexibility index (Phi) is 4.00. The summed E-state index contributed by atoms with van der Waals surface area (Å²) in [7, 11) is 0. The van der Waals surface area contributed by atoms with E-state index < -0.39 is 0 Å². The largest absolute Gasteiger partial charge is 0.370 e. The van der Waals surface area contributed by atoms with Crippen LogP contribution in [0.15, 0.2) is 28.9 Å². The molecule has 1 N–H and O–H groups in total. The molecule has 0 saturated heterocycles. The molecule has 0 radical (unpaired) electrons. The Bertz CT molecular complexity index is 523. The molecule has 1 aromatic carbocycles. The predicted molar refractivity (Wildman–Crippen MR) is 77.6 cm³/mol. The van der Waals surface area contributed by atoms with Gasteiger partial charge in [0, 0.05) is 28.0 Å². The Morgan fingerprint density at radius 1 is 1.29 bits per heavy atom. The van der Waals surface area contributed by atoms with Gasteiger partial charge in [0.15, 0.2) is 0 Å². The van der Waals surface area contributed by atoms with E-state index >= 15 is 0 Å². The van der Waals surface area contributed by atoms with Gasteiger partial charge in [-0.05, 0) is 35.3 Å². The van der Waals surface area contributed by atoms with E-state index in [0.717, 1.165) is 16.8 Å². The van der Waals surface area contributed by atoms with E-state index in [0.29, 0.717) is 0 Å². The fourth-order valence-electron chi connectivity index (χ4n) is 1.85. The zero-order valence-electron chi connectivity index (χ0n) is 10.3. The van der Waals surface area contributed by atoms with Crippen molar-refractivity contribution in [2.45, 2.75) is 26.7 Å². The fraction of sp³-hybridized carbons (Fsp3) is 0.357.